The molecule has 1 N–H and O–H groups in total. The highest BCUT2D eigenvalue weighted by atomic mass is 16.2. The van der Waals surface area contributed by atoms with Crippen LogP contribution in [0.1, 0.15) is 67.2 Å². The van der Waals surface area contributed by atoms with Crippen molar-refractivity contribution in [3.05, 3.63) is 11.4 Å². The summed E-state index contributed by atoms with van der Waals surface area (Å²) in [6, 6.07) is 1.11. The van der Waals surface area contributed by atoms with E-state index in [2.05, 4.69) is 20.5 Å². The summed E-state index contributed by atoms with van der Waals surface area (Å²) < 4.78 is 1.98. The second-order valence-electron chi connectivity index (χ2n) is 8.07. The van der Waals surface area contributed by atoms with Gasteiger partial charge in [-0.25, -0.2) is 4.68 Å². The molecule has 0 atom stereocenters. The van der Waals surface area contributed by atoms with Crippen LogP contribution in [0.4, 0.5) is 0 Å². The number of nitrogens with zero attached hydrogens (tertiary/aromatic N) is 5. The number of hydrogen-bond donors (Lipinski definition) is 1. The SMILES string of the molecule is Cc1c(C(=O)N2CCCN(C3CCCC3)CC2)nnn1C1CCNCC1. The fourth-order valence-electron chi connectivity index (χ4n) is 4.86. The van der Waals surface area contributed by atoms with Crippen LogP contribution >= 0.6 is 0 Å². The molecule has 2 aliphatic heterocycles. The minimum Gasteiger partial charge on any atom is -0.336 e. The largest absolute Gasteiger partial charge is 0.336 e. The first-order valence-corrected chi connectivity index (χ1v) is 10.4. The predicted molar refractivity (Wildman–Crippen MR) is 100 cm³/mol. The molecule has 144 valence electrons. The van der Waals surface area contributed by atoms with Crippen LogP contribution in [0.2, 0.25) is 0 Å². The van der Waals surface area contributed by atoms with Crippen molar-refractivity contribution >= 4 is 5.91 Å². The quantitative estimate of drug-likeness (QED) is 0.887. The maximum Gasteiger partial charge on any atom is 0.276 e. The topological polar surface area (TPSA) is 66.3 Å². The number of aromatic nitrogens is 3. The normalized spacial score (nSPS) is 24.1. The molecule has 1 saturated carbocycles. The van der Waals surface area contributed by atoms with E-state index < -0.39 is 0 Å². The average molecular weight is 361 g/mol. The van der Waals surface area contributed by atoms with Crippen molar-refractivity contribution < 1.29 is 4.79 Å². The van der Waals surface area contributed by atoms with Crippen molar-refractivity contribution in [2.45, 2.75) is 64.0 Å². The molecule has 1 amide bonds. The predicted octanol–water partition coefficient (Wildman–Crippen LogP) is 1.60. The van der Waals surface area contributed by atoms with Gasteiger partial charge in [0.25, 0.3) is 5.91 Å². The number of carbonyl (C=O) groups is 1. The van der Waals surface area contributed by atoms with Crippen LogP contribution in [0.3, 0.4) is 0 Å². The maximum absolute atomic E-state index is 13.1. The molecule has 0 aromatic carbocycles. The van der Waals surface area contributed by atoms with Gasteiger partial charge in [-0.2, -0.15) is 0 Å². The first kappa shape index (κ1) is 17.9. The Bertz CT molecular complexity index is 618. The highest BCUT2D eigenvalue weighted by Crippen LogP contribution is 2.25. The van der Waals surface area contributed by atoms with Crippen LogP contribution in [0.15, 0.2) is 0 Å². The third-order valence-electron chi connectivity index (χ3n) is 6.44. The lowest BCUT2D eigenvalue weighted by Crippen LogP contribution is -2.38. The standard InChI is InChI=1S/C19H32N6O/c1-15-18(21-22-25(15)17-7-9-20-10-8-17)19(26)24-12-4-11-23(13-14-24)16-5-2-3-6-16/h16-17,20H,2-14H2,1H3. The zero-order valence-electron chi connectivity index (χ0n) is 16.0. The van der Waals surface area contributed by atoms with Gasteiger partial charge in [-0.1, -0.05) is 18.1 Å². The second kappa shape index (κ2) is 8.05. The number of nitrogens with one attached hydrogen (secondary N) is 1. The van der Waals surface area contributed by atoms with Crippen LogP contribution in [0.25, 0.3) is 0 Å². The lowest BCUT2D eigenvalue weighted by atomic mass is 10.1. The van der Waals surface area contributed by atoms with Gasteiger partial charge in [0.1, 0.15) is 0 Å². The molecule has 7 nitrogen and oxygen atoms in total. The van der Waals surface area contributed by atoms with Crippen LogP contribution in [0, 0.1) is 6.92 Å². The van der Waals surface area contributed by atoms with E-state index in [9.17, 15) is 4.79 Å². The lowest BCUT2D eigenvalue weighted by molar-refractivity contribution is 0.0751. The summed E-state index contributed by atoms with van der Waals surface area (Å²) in [7, 11) is 0. The Kier molecular flexibility index (Phi) is 5.55. The molecule has 1 aromatic rings. The molecule has 1 aromatic heterocycles. The summed E-state index contributed by atoms with van der Waals surface area (Å²) >= 11 is 0. The van der Waals surface area contributed by atoms with Crippen molar-refractivity contribution in [1.82, 2.24) is 30.1 Å². The Morgan fingerprint density at radius 3 is 2.50 bits per heavy atom. The Labute approximate surface area is 156 Å². The molecule has 7 heteroatoms. The van der Waals surface area contributed by atoms with Gasteiger partial charge in [0, 0.05) is 32.2 Å². The summed E-state index contributed by atoms with van der Waals surface area (Å²) in [6.45, 7) is 7.79. The van der Waals surface area contributed by atoms with E-state index in [1.54, 1.807) is 0 Å². The fraction of sp³-hybridized carbons (Fsp3) is 0.842. The summed E-state index contributed by atoms with van der Waals surface area (Å²) in [5, 5.41) is 12.0. The molecule has 0 unspecified atom stereocenters. The third-order valence-corrected chi connectivity index (χ3v) is 6.44. The number of amides is 1. The van der Waals surface area contributed by atoms with E-state index in [-0.39, 0.29) is 5.91 Å². The van der Waals surface area contributed by atoms with E-state index >= 15 is 0 Å². The first-order valence-electron chi connectivity index (χ1n) is 10.4. The zero-order valence-corrected chi connectivity index (χ0v) is 16.0. The van der Waals surface area contributed by atoms with Gasteiger partial charge < -0.3 is 10.2 Å². The lowest BCUT2D eigenvalue weighted by Gasteiger charge is -2.27. The van der Waals surface area contributed by atoms with Crippen LogP contribution < -0.4 is 5.32 Å². The first-order chi connectivity index (χ1) is 12.7. The monoisotopic (exact) mass is 360 g/mol. The van der Waals surface area contributed by atoms with Crippen LogP contribution in [0.5, 0.6) is 0 Å². The van der Waals surface area contributed by atoms with E-state index in [0.29, 0.717) is 11.7 Å². The summed E-state index contributed by atoms with van der Waals surface area (Å²) in [5.41, 5.74) is 1.48. The smallest absolute Gasteiger partial charge is 0.276 e. The van der Waals surface area contributed by atoms with Gasteiger partial charge in [-0.3, -0.25) is 9.69 Å². The zero-order chi connectivity index (χ0) is 17.9. The van der Waals surface area contributed by atoms with Crippen LogP contribution in [-0.4, -0.2) is 76.0 Å². The Morgan fingerprint density at radius 2 is 1.73 bits per heavy atom. The third kappa shape index (κ3) is 3.64. The number of rotatable bonds is 3. The molecule has 0 spiro atoms. The van der Waals surface area contributed by atoms with Gasteiger partial charge in [0.2, 0.25) is 0 Å². The number of carbonyl (C=O) groups excluding carboxylic acids is 1. The van der Waals surface area contributed by atoms with E-state index in [4.69, 9.17) is 0 Å². The molecule has 0 bridgehead atoms. The van der Waals surface area contributed by atoms with Crippen molar-refractivity contribution in [3.63, 3.8) is 0 Å². The van der Waals surface area contributed by atoms with Gasteiger partial charge in [-0.05, 0) is 52.1 Å². The molecule has 4 rings (SSSR count). The molecular formula is C19H32N6O. The maximum atomic E-state index is 13.1. The van der Waals surface area contributed by atoms with E-state index in [0.717, 1.165) is 70.3 Å². The summed E-state index contributed by atoms with van der Waals surface area (Å²) in [4.78, 5) is 17.7. The Balaban J connectivity index is 1.41. The highest BCUT2D eigenvalue weighted by molar-refractivity contribution is 5.93. The Hall–Kier alpha value is -1.47. The number of hydrogen-bond acceptors (Lipinski definition) is 5. The molecule has 3 heterocycles. The summed E-state index contributed by atoms with van der Waals surface area (Å²) in [6.07, 6.45) is 8.56. The fourth-order valence-corrected chi connectivity index (χ4v) is 4.86. The van der Waals surface area contributed by atoms with Crippen molar-refractivity contribution in [2.24, 2.45) is 0 Å². The van der Waals surface area contributed by atoms with E-state index in [1.807, 2.05) is 16.5 Å². The minimum atomic E-state index is 0.0657. The average Bonchev–Trinajstić information content (AvgIpc) is 3.26. The minimum absolute atomic E-state index is 0.0657. The molecule has 1 aliphatic carbocycles. The molecule has 3 aliphatic rings. The molecule has 3 fully saturated rings. The van der Waals surface area contributed by atoms with Gasteiger partial charge >= 0.3 is 0 Å². The Morgan fingerprint density at radius 1 is 0.962 bits per heavy atom. The van der Waals surface area contributed by atoms with Crippen molar-refractivity contribution in [3.8, 4) is 0 Å². The van der Waals surface area contributed by atoms with E-state index in [1.165, 1.54) is 25.7 Å². The molecule has 0 radical (unpaired) electrons. The van der Waals surface area contributed by atoms with Gasteiger partial charge in [-0.15, -0.1) is 5.10 Å². The molecule has 2 saturated heterocycles. The van der Waals surface area contributed by atoms with Gasteiger partial charge in [0.15, 0.2) is 5.69 Å². The van der Waals surface area contributed by atoms with Crippen LogP contribution in [-0.2, 0) is 0 Å². The number of piperidine rings is 1. The van der Waals surface area contributed by atoms with Crippen molar-refractivity contribution in [2.75, 3.05) is 39.3 Å². The second-order valence-corrected chi connectivity index (χ2v) is 8.07. The van der Waals surface area contributed by atoms with Crippen molar-refractivity contribution in [1.29, 1.82) is 0 Å². The molecular weight excluding hydrogens is 328 g/mol. The highest BCUT2D eigenvalue weighted by Gasteiger charge is 2.29. The van der Waals surface area contributed by atoms with Gasteiger partial charge in [0.05, 0.1) is 11.7 Å². The summed E-state index contributed by atoms with van der Waals surface area (Å²) in [5.74, 6) is 0.0657. The molecule has 26 heavy (non-hydrogen) atoms.